The molecule has 0 bridgehead atoms. The number of allylic oxidation sites excluding steroid dienone is 2. The fourth-order valence-corrected chi connectivity index (χ4v) is 4.32. The molecule has 206 valence electrons. The van der Waals surface area contributed by atoms with E-state index in [0.717, 1.165) is 17.7 Å². The van der Waals surface area contributed by atoms with Crippen LogP contribution in [-0.4, -0.2) is 72.8 Å². The van der Waals surface area contributed by atoms with E-state index in [1.54, 1.807) is 45.0 Å². The fourth-order valence-electron chi connectivity index (χ4n) is 4.32. The maximum absolute atomic E-state index is 11.8. The van der Waals surface area contributed by atoms with Crippen LogP contribution in [0.5, 0.6) is 0 Å². The Bertz CT molecular complexity index is 1060. The molecule has 1 aliphatic heterocycles. The lowest BCUT2D eigenvalue weighted by atomic mass is 9.58. The number of benzene rings is 1. The highest BCUT2D eigenvalue weighted by atomic mass is 16.5. The van der Waals surface area contributed by atoms with Crippen LogP contribution in [0.2, 0.25) is 0 Å². The summed E-state index contributed by atoms with van der Waals surface area (Å²) < 4.78 is 4.74. The van der Waals surface area contributed by atoms with Gasteiger partial charge in [-0.2, -0.15) is 15.8 Å². The number of methoxy groups -OCH3 is 1. The molecule has 2 aliphatic rings. The van der Waals surface area contributed by atoms with Crippen LogP contribution in [0.15, 0.2) is 47.2 Å². The summed E-state index contributed by atoms with van der Waals surface area (Å²) in [7, 11) is 1.31. The zero-order valence-corrected chi connectivity index (χ0v) is 22.8. The highest BCUT2D eigenvalue weighted by Crippen LogP contribution is 2.54. The Kier molecular flexibility index (Phi) is 16.0. The first-order chi connectivity index (χ1) is 18.2. The second kappa shape index (κ2) is 17.7. The number of nitrogens with zero attached hydrogens (tertiary/aromatic N) is 4. The molecule has 0 saturated heterocycles. The molecule has 10 nitrogen and oxygen atoms in total. The van der Waals surface area contributed by atoms with Crippen molar-refractivity contribution in [2.24, 2.45) is 17.1 Å². The molecular formula is C28H39N5O5. The van der Waals surface area contributed by atoms with Crippen LogP contribution in [0.25, 0.3) is 0 Å². The summed E-state index contributed by atoms with van der Waals surface area (Å²) in [6.45, 7) is 9.93. The number of carbonyl (C=O) groups is 1. The van der Waals surface area contributed by atoms with Crippen molar-refractivity contribution >= 4 is 5.97 Å². The van der Waals surface area contributed by atoms with Crippen molar-refractivity contribution in [2.75, 3.05) is 46.6 Å². The molecule has 0 fully saturated rings. The van der Waals surface area contributed by atoms with Gasteiger partial charge in [0.15, 0.2) is 5.41 Å². The molecule has 10 heteroatoms. The lowest BCUT2D eigenvalue weighted by Crippen LogP contribution is -2.48. The smallest absolute Gasteiger partial charge is 0.337 e. The second-order valence-electron chi connectivity index (χ2n) is 8.09. The number of hydrogen-bond acceptors (Lipinski definition) is 10. The number of aliphatic hydroxyl groups excluding tert-OH is 3. The Labute approximate surface area is 225 Å². The van der Waals surface area contributed by atoms with Crippen LogP contribution < -0.4 is 5.73 Å². The van der Waals surface area contributed by atoms with E-state index in [0.29, 0.717) is 18.7 Å². The maximum atomic E-state index is 11.8. The molecule has 1 heterocycles. The number of ether oxygens (including phenoxy) is 1. The topological polar surface area (TPSA) is 188 Å². The van der Waals surface area contributed by atoms with Crippen molar-refractivity contribution < 1.29 is 24.9 Å². The fraction of sp³-hybridized carbons (Fsp3) is 0.500. The zero-order valence-electron chi connectivity index (χ0n) is 22.8. The molecule has 0 saturated carbocycles. The first-order valence-electron chi connectivity index (χ1n) is 12.4. The number of nitrogens with two attached hydrogens (primary N) is 1. The maximum Gasteiger partial charge on any atom is 0.337 e. The molecule has 0 amide bonds. The SMILES string of the molecule is CCN1CC=C2C(C#N)=C(N)C(C#N)(C#N)[C@H](c3ccc(C(=O)OC)cc3)[C@H]2C1.CCO.CCO.CCO. The largest absolute Gasteiger partial charge is 0.465 e. The van der Waals surface area contributed by atoms with Crippen LogP contribution in [0.4, 0.5) is 0 Å². The lowest BCUT2D eigenvalue weighted by Gasteiger charge is -2.45. The molecule has 1 aromatic carbocycles. The predicted octanol–water partition coefficient (Wildman–Crippen LogP) is 2.21. The van der Waals surface area contributed by atoms with Gasteiger partial charge in [-0.05, 0) is 50.6 Å². The molecular weight excluding hydrogens is 486 g/mol. The second-order valence-corrected chi connectivity index (χ2v) is 8.09. The van der Waals surface area contributed by atoms with Crippen molar-refractivity contribution in [2.45, 2.75) is 33.6 Å². The number of carbonyl (C=O) groups excluding carboxylic acids is 1. The van der Waals surface area contributed by atoms with E-state index in [9.17, 15) is 20.6 Å². The Morgan fingerprint density at radius 2 is 1.55 bits per heavy atom. The van der Waals surface area contributed by atoms with Gasteiger partial charge in [-0.3, -0.25) is 4.90 Å². The Balaban J connectivity index is 0.00000134. The van der Waals surface area contributed by atoms with E-state index >= 15 is 0 Å². The van der Waals surface area contributed by atoms with Crippen LogP contribution in [0.3, 0.4) is 0 Å². The van der Waals surface area contributed by atoms with Gasteiger partial charge in [0.05, 0.1) is 36.1 Å². The van der Waals surface area contributed by atoms with Crippen LogP contribution >= 0.6 is 0 Å². The molecule has 1 aliphatic carbocycles. The lowest BCUT2D eigenvalue weighted by molar-refractivity contribution is 0.0600. The number of nitriles is 3. The van der Waals surface area contributed by atoms with Crippen molar-refractivity contribution in [3.63, 3.8) is 0 Å². The van der Waals surface area contributed by atoms with E-state index in [1.807, 2.05) is 13.0 Å². The Morgan fingerprint density at radius 3 is 1.95 bits per heavy atom. The van der Waals surface area contributed by atoms with Crippen molar-refractivity contribution in [3.8, 4) is 18.2 Å². The third-order valence-electron chi connectivity index (χ3n) is 5.88. The Morgan fingerprint density at radius 1 is 1.05 bits per heavy atom. The standard InChI is InChI=1S/C22H21N5O2.3C2H6O/c1-3-27-9-8-16-17(10-23)20(26)22(12-24,13-25)19(18(16)11-27)14-4-6-15(7-5-14)21(28)29-2;3*1-2-3/h4-8,18-19H,3,9,11,26H2,1-2H3;3*3H,2H2,1H3/t18-,19+;;;/m0.../s1. The third-order valence-corrected chi connectivity index (χ3v) is 5.88. The average molecular weight is 526 g/mol. The summed E-state index contributed by atoms with van der Waals surface area (Å²) in [6.07, 6.45) is 1.97. The van der Waals surface area contributed by atoms with Gasteiger partial charge in [-0.1, -0.05) is 25.1 Å². The number of aliphatic hydroxyl groups is 3. The van der Waals surface area contributed by atoms with Gasteiger partial charge in [-0.15, -0.1) is 0 Å². The number of hydrogen-bond donors (Lipinski definition) is 4. The number of esters is 1. The van der Waals surface area contributed by atoms with Crippen LogP contribution in [0.1, 0.15) is 49.5 Å². The molecule has 0 radical (unpaired) electrons. The first-order valence-corrected chi connectivity index (χ1v) is 12.4. The molecule has 5 N–H and O–H groups in total. The Hall–Kier alpha value is -3.72. The van der Waals surface area contributed by atoms with Gasteiger partial charge in [-0.25, -0.2) is 4.79 Å². The monoisotopic (exact) mass is 525 g/mol. The van der Waals surface area contributed by atoms with Gasteiger partial charge in [0, 0.05) is 44.7 Å². The van der Waals surface area contributed by atoms with E-state index in [2.05, 4.69) is 23.1 Å². The summed E-state index contributed by atoms with van der Waals surface area (Å²) >= 11 is 0. The summed E-state index contributed by atoms with van der Waals surface area (Å²) in [5.41, 5.74) is 6.72. The molecule has 38 heavy (non-hydrogen) atoms. The van der Waals surface area contributed by atoms with E-state index < -0.39 is 17.3 Å². The van der Waals surface area contributed by atoms with Crippen molar-refractivity contribution in [1.29, 1.82) is 15.8 Å². The molecule has 2 atom stereocenters. The van der Waals surface area contributed by atoms with Gasteiger partial charge in [0.25, 0.3) is 0 Å². The normalized spacial score (nSPS) is 19.0. The molecule has 0 unspecified atom stereocenters. The summed E-state index contributed by atoms with van der Waals surface area (Å²) in [5, 5.41) is 52.5. The minimum Gasteiger partial charge on any atom is -0.465 e. The van der Waals surface area contributed by atoms with Crippen LogP contribution in [-0.2, 0) is 4.74 Å². The highest BCUT2D eigenvalue weighted by molar-refractivity contribution is 5.89. The minimum absolute atomic E-state index is 0.000470. The number of fused-ring (bicyclic) bond motifs is 1. The van der Waals surface area contributed by atoms with Crippen molar-refractivity contribution in [1.82, 2.24) is 4.90 Å². The summed E-state index contributed by atoms with van der Waals surface area (Å²) in [6, 6.07) is 13.0. The number of rotatable bonds is 3. The van der Waals surface area contributed by atoms with Gasteiger partial charge < -0.3 is 25.8 Å². The molecule has 0 aromatic heterocycles. The predicted molar refractivity (Wildman–Crippen MR) is 143 cm³/mol. The van der Waals surface area contributed by atoms with Gasteiger partial charge >= 0.3 is 5.97 Å². The minimum atomic E-state index is -1.67. The molecule has 0 spiro atoms. The van der Waals surface area contributed by atoms with Gasteiger partial charge in [0.2, 0.25) is 0 Å². The molecule has 3 rings (SSSR count). The first kappa shape index (κ1) is 34.3. The zero-order chi connectivity index (χ0) is 29.3. The van der Waals surface area contributed by atoms with Crippen molar-refractivity contribution in [3.05, 3.63) is 58.3 Å². The van der Waals surface area contributed by atoms with E-state index in [1.165, 1.54) is 7.11 Å². The summed E-state index contributed by atoms with van der Waals surface area (Å²) in [4.78, 5) is 14.0. The third kappa shape index (κ3) is 7.89. The molecule has 1 aromatic rings. The highest BCUT2D eigenvalue weighted by Gasteiger charge is 2.54. The average Bonchev–Trinajstić information content (AvgIpc) is 2.93. The number of likely N-dealkylation sites (N-methyl/N-ethyl adjacent to an activating group) is 1. The van der Waals surface area contributed by atoms with E-state index in [4.69, 9.17) is 25.8 Å². The quantitative estimate of drug-likeness (QED) is 0.426. The van der Waals surface area contributed by atoms with Gasteiger partial charge in [0.1, 0.15) is 6.07 Å². The van der Waals surface area contributed by atoms with Crippen LogP contribution in [0, 0.1) is 45.3 Å². The summed E-state index contributed by atoms with van der Waals surface area (Å²) in [5.74, 6) is -1.27. The van der Waals surface area contributed by atoms with E-state index in [-0.39, 0.29) is 37.0 Å².